The highest BCUT2D eigenvalue weighted by Gasteiger charge is 2.43. The zero-order valence-corrected chi connectivity index (χ0v) is 14.4. The summed E-state index contributed by atoms with van der Waals surface area (Å²) in [4.78, 5) is 5.24. The van der Waals surface area contributed by atoms with E-state index in [4.69, 9.17) is 0 Å². The number of hydrogen-bond acceptors (Lipinski definition) is 2. The second-order valence-electron chi connectivity index (χ2n) is 7.84. The molecule has 0 amide bonds. The van der Waals surface area contributed by atoms with Gasteiger partial charge in [-0.2, -0.15) is 0 Å². The highest BCUT2D eigenvalue weighted by Crippen LogP contribution is 2.48. The van der Waals surface area contributed by atoms with Gasteiger partial charge >= 0.3 is 0 Å². The SMILES string of the molecule is CC(C)(C)N1CC[C@@H]2[C@@H](C1)c1ccccc1N2c1ccccc1. The summed E-state index contributed by atoms with van der Waals surface area (Å²) in [5, 5.41) is 0. The van der Waals surface area contributed by atoms with Gasteiger partial charge in [0.25, 0.3) is 0 Å². The average molecular weight is 306 g/mol. The Balaban J connectivity index is 1.75. The second-order valence-corrected chi connectivity index (χ2v) is 7.84. The Morgan fingerprint density at radius 3 is 2.35 bits per heavy atom. The van der Waals surface area contributed by atoms with Crippen LogP contribution in [0, 0.1) is 0 Å². The fraction of sp³-hybridized carbons (Fsp3) is 0.429. The van der Waals surface area contributed by atoms with Crippen molar-refractivity contribution in [3.63, 3.8) is 0 Å². The van der Waals surface area contributed by atoms with Crippen molar-refractivity contribution in [1.82, 2.24) is 4.90 Å². The fourth-order valence-corrected chi connectivity index (χ4v) is 4.28. The van der Waals surface area contributed by atoms with Crippen LogP contribution in [-0.2, 0) is 0 Å². The number of fused-ring (bicyclic) bond motifs is 3. The smallest absolute Gasteiger partial charge is 0.0450 e. The van der Waals surface area contributed by atoms with Crippen LogP contribution < -0.4 is 4.90 Å². The summed E-state index contributed by atoms with van der Waals surface area (Å²) in [6, 6.07) is 20.5. The van der Waals surface area contributed by atoms with Crippen molar-refractivity contribution in [2.24, 2.45) is 0 Å². The molecule has 2 nitrogen and oxygen atoms in total. The monoisotopic (exact) mass is 306 g/mol. The van der Waals surface area contributed by atoms with Gasteiger partial charge in [0, 0.05) is 42.0 Å². The predicted molar refractivity (Wildman–Crippen MR) is 97.5 cm³/mol. The number of likely N-dealkylation sites (tertiary alicyclic amines) is 1. The van der Waals surface area contributed by atoms with Crippen LogP contribution in [0.3, 0.4) is 0 Å². The van der Waals surface area contributed by atoms with Gasteiger partial charge in [-0.15, -0.1) is 0 Å². The number of para-hydroxylation sites is 2. The first-order valence-electron chi connectivity index (χ1n) is 8.74. The summed E-state index contributed by atoms with van der Waals surface area (Å²) in [5.41, 5.74) is 4.51. The lowest BCUT2D eigenvalue weighted by Gasteiger charge is -2.44. The van der Waals surface area contributed by atoms with Crippen molar-refractivity contribution in [3.05, 3.63) is 60.2 Å². The van der Waals surface area contributed by atoms with Gasteiger partial charge in [-0.25, -0.2) is 0 Å². The highest BCUT2D eigenvalue weighted by molar-refractivity contribution is 5.72. The lowest BCUT2D eigenvalue weighted by molar-refractivity contribution is 0.0932. The standard InChI is InChI=1S/C21H26N2/c1-21(2,3)22-14-13-20-18(15-22)17-11-7-8-12-19(17)23(20)16-9-5-4-6-10-16/h4-12,18,20H,13-15H2,1-3H3/t18-,20+/m0/s1. The molecule has 2 aromatic carbocycles. The average Bonchev–Trinajstić information content (AvgIpc) is 2.88. The summed E-state index contributed by atoms with van der Waals surface area (Å²) in [6.45, 7) is 9.35. The molecule has 2 aliphatic rings. The van der Waals surface area contributed by atoms with Gasteiger partial charge < -0.3 is 4.90 Å². The van der Waals surface area contributed by atoms with Crippen LogP contribution in [-0.4, -0.2) is 29.6 Å². The molecule has 23 heavy (non-hydrogen) atoms. The Hall–Kier alpha value is -1.80. The minimum atomic E-state index is 0.250. The van der Waals surface area contributed by atoms with Crippen molar-refractivity contribution in [2.75, 3.05) is 18.0 Å². The van der Waals surface area contributed by atoms with E-state index >= 15 is 0 Å². The van der Waals surface area contributed by atoms with E-state index in [1.165, 1.54) is 29.9 Å². The molecule has 1 fully saturated rings. The summed E-state index contributed by atoms with van der Waals surface area (Å²) in [7, 11) is 0. The number of anilines is 2. The lowest BCUT2D eigenvalue weighted by Crippen LogP contribution is -2.51. The largest absolute Gasteiger partial charge is 0.337 e. The van der Waals surface area contributed by atoms with Crippen molar-refractivity contribution < 1.29 is 0 Å². The molecular formula is C21H26N2. The summed E-state index contributed by atoms with van der Waals surface area (Å²) in [6.07, 6.45) is 1.23. The predicted octanol–water partition coefficient (Wildman–Crippen LogP) is 4.79. The van der Waals surface area contributed by atoms with Crippen molar-refractivity contribution in [1.29, 1.82) is 0 Å². The van der Waals surface area contributed by atoms with Crippen molar-refractivity contribution >= 4 is 11.4 Å². The van der Waals surface area contributed by atoms with Gasteiger partial charge in [0.2, 0.25) is 0 Å². The third kappa shape index (κ3) is 2.46. The fourth-order valence-electron chi connectivity index (χ4n) is 4.28. The minimum absolute atomic E-state index is 0.250. The van der Waals surface area contributed by atoms with E-state index in [9.17, 15) is 0 Å². The third-order valence-electron chi connectivity index (χ3n) is 5.49. The lowest BCUT2D eigenvalue weighted by atomic mass is 9.86. The molecule has 2 atom stereocenters. The molecule has 2 heteroatoms. The maximum Gasteiger partial charge on any atom is 0.0450 e. The Morgan fingerprint density at radius 2 is 1.61 bits per heavy atom. The number of rotatable bonds is 1. The molecule has 0 radical (unpaired) electrons. The van der Waals surface area contributed by atoms with E-state index in [-0.39, 0.29) is 5.54 Å². The molecule has 2 heterocycles. The quantitative estimate of drug-likeness (QED) is 0.747. The van der Waals surface area contributed by atoms with E-state index in [1.54, 1.807) is 0 Å². The Morgan fingerprint density at radius 1 is 0.913 bits per heavy atom. The maximum atomic E-state index is 2.65. The van der Waals surface area contributed by atoms with E-state index in [0.29, 0.717) is 12.0 Å². The van der Waals surface area contributed by atoms with Crippen LogP contribution in [0.15, 0.2) is 54.6 Å². The molecule has 0 bridgehead atoms. The van der Waals surface area contributed by atoms with Crippen LogP contribution in [0.4, 0.5) is 11.4 Å². The summed E-state index contributed by atoms with van der Waals surface area (Å²) in [5.74, 6) is 0.611. The number of hydrogen-bond donors (Lipinski definition) is 0. The maximum absolute atomic E-state index is 2.65. The number of benzene rings is 2. The first-order valence-corrected chi connectivity index (χ1v) is 8.74. The van der Waals surface area contributed by atoms with E-state index in [0.717, 1.165) is 6.54 Å². The van der Waals surface area contributed by atoms with Crippen LogP contribution in [0.5, 0.6) is 0 Å². The van der Waals surface area contributed by atoms with Crippen molar-refractivity contribution in [3.8, 4) is 0 Å². The van der Waals surface area contributed by atoms with Crippen molar-refractivity contribution in [2.45, 2.75) is 44.7 Å². The van der Waals surface area contributed by atoms with Gasteiger partial charge in [-0.05, 0) is 51.0 Å². The van der Waals surface area contributed by atoms with Gasteiger partial charge in [-0.1, -0.05) is 36.4 Å². The summed E-state index contributed by atoms with van der Waals surface area (Å²) >= 11 is 0. The Kier molecular flexibility index (Phi) is 3.46. The zero-order valence-electron chi connectivity index (χ0n) is 14.4. The summed E-state index contributed by atoms with van der Waals surface area (Å²) < 4.78 is 0. The zero-order chi connectivity index (χ0) is 16.0. The molecule has 0 N–H and O–H groups in total. The van der Waals surface area contributed by atoms with Crippen LogP contribution >= 0.6 is 0 Å². The highest BCUT2D eigenvalue weighted by atomic mass is 15.3. The van der Waals surface area contributed by atoms with Gasteiger partial charge in [0.1, 0.15) is 0 Å². The Bertz CT molecular complexity index is 686. The van der Waals surface area contributed by atoms with Crippen LogP contribution in [0.2, 0.25) is 0 Å². The molecule has 0 spiro atoms. The van der Waals surface area contributed by atoms with Gasteiger partial charge in [0.05, 0.1) is 0 Å². The first-order chi connectivity index (χ1) is 11.1. The Labute approximate surface area is 139 Å². The van der Waals surface area contributed by atoms with E-state index in [2.05, 4.69) is 85.2 Å². The molecule has 2 aromatic rings. The molecule has 0 saturated carbocycles. The first kappa shape index (κ1) is 14.8. The van der Waals surface area contributed by atoms with E-state index in [1.807, 2.05) is 0 Å². The molecule has 120 valence electrons. The van der Waals surface area contributed by atoms with Gasteiger partial charge in [0.15, 0.2) is 0 Å². The molecule has 0 aliphatic carbocycles. The van der Waals surface area contributed by atoms with Crippen LogP contribution in [0.1, 0.15) is 38.7 Å². The molecule has 4 rings (SSSR count). The molecular weight excluding hydrogens is 280 g/mol. The number of piperidine rings is 1. The normalized spacial score (nSPS) is 24.4. The minimum Gasteiger partial charge on any atom is -0.337 e. The third-order valence-corrected chi connectivity index (χ3v) is 5.49. The topological polar surface area (TPSA) is 6.48 Å². The molecule has 0 aromatic heterocycles. The van der Waals surface area contributed by atoms with E-state index < -0.39 is 0 Å². The van der Waals surface area contributed by atoms with Gasteiger partial charge in [-0.3, -0.25) is 4.90 Å². The molecule has 0 unspecified atom stereocenters. The van der Waals surface area contributed by atoms with Crippen LogP contribution in [0.25, 0.3) is 0 Å². The molecule has 1 saturated heterocycles. The second kappa shape index (κ2) is 5.38. The number of nitrogens with zero attached hydrogens (tertiary/aromatic N) is 2. The molecule has 2 aliphatic heterocycles.